The van der Waals surface area contributed by atoms with Crippen LogP contribution in [-0.4, -0.2) is 9.78 Å². The molecule has 2 rings (SSSR count). The van der Waals surface area contributed by atoms with Crippen LogP contribution in [-0.2, 0) is 19.0 Å². The van der Waals surface area contributed by atoms with E-state index in [1.165, 1.54) is 16.7 Å². The molecule has 1 aromatic carbocycles. The van der Waals surface area contributed by atoms with E-state index in [2.05, 4.69) is 53.1 Å². The molecule has 102 valence electrons. The number of hydrogen-bond acceptors (Lipinski definition) is 2. The van der Waals surface area contributed by atoms with Crippen LogP contribution in [0.3, 0.4) is 0 Å². The van der Waals surface area contributed by atoms with E-state index in [9.17, 15) is 0 Å². The van der Waals surface area contributed by atoms with Gasteiger partial charge in [-0.25, -0.2) is 0 Å². The van der Waals surface area contributed by atoms with Crippen LogP contribution in [0.2, 0.25) is 0 Å². The molecular weight excluding hydrogens is 304 g/mol. The van der Waals surface area contributed by atoms with Crippen molar-refractivity contribution in [2.24, 2.45) is 7.05 Å². The van der Waals surface area contributed by atoms with Gasteiger partial charge >= 0.3 is 0 Å². The Hall–Kier alpha value is -1.29. The summed E-state index contributed by atoms with van der Waals surface area (Å²) in [4.78, 5) is 0. The Balaban J connectivity index is 2.18. The van der Waals surface area contributed by atoms with Crippen LogP contribution in [0.25, 0.3) is 0 Å². The molecule has 0 unspecified atom stereocenters. The highest BCUT2D eigenvalue weighted by Crippen LogP contribution is 2.26. The molecule has 0 spiro atoms. The van der Waals surface area contributed by atoms with Crippen molar-refractivity contribution in [2.45, 2.75) is 32.7 Å². The van der Waals surface area contributed by atoms with Gasteiger partial charge in [0.25, 0.3) is 0 Å². The van der Waals surface area contributed by atoms with Gasteiger partial charge in [0.1, 0.15) is 12.4 Å². The molecule has 0 N–H and O–H groups in total. The van der Waals surface area contributed by atoms with E-state index in [0.29, 0.717) is 6.61 Å². The topological polar surface area (TPSA) is 27.1 Å². The Morgan fingerprint density at radius 2 is 1.79 bits per heavy atom. The summed E-state index contributed by atoms with van der Waals surface area (Å²) in [6.07, 6.45) is 0. The summed E-state index contributed by atoms with van der Waals surface area (Å²) in [6.45, 7) is 6.71. The summed E-state index contributed by atoms with van der Waals surface area (Å²) in [5, 5.41) is 5.20. The largest absolute Gasteiger partial charge is 0.487 e. The number of aromatic nitrogens is 2. The third-order valence-corrected chi connectivity index (χ3v) is 3.79. The Labute approximate surface area is 122 Å². The minimum absolute atomic E-state index is 0.548. The van der Waals surface area contributed by atoms with Crippen LogP contribution in [0.1, 0.15) is 28.1 Å². The van der Waals surface area contributed by atoms with Gasteiger partial charge in [0.05, 0.1) is 11.4 Å². The maximum Gasteiger partial charge on any atom is 0.130 e. The van der Waals surface area contributed by atoms with Crippen LogP contribution in [0, 0.1) is 20.8 Å². The van der Waals surface area contributed by atoms with Crippen molar-refractivity contribution < 1.29 is 4.74 Å². The van der Waals surface area contributed by atoms with Gasteiger partial charge in [-0.2, -0.15) is 5.10 Å². The standard InChI is InChI=1S/C15H19BrN2O/c1-10-5-13(8-16)6-11(2)15(10)19-9-14-7-12(3)17-18(14)4/h5-7H,8-9H2,1-4H3. The molecule has 1 aromatic heterocycles. The number of benzene rings is 1. The second-order valence-corrected chi connectivity index (χ2v) is 5.44. The highest BCUT2D eigenvalue weighted by molar-refractivity contribution is 9.08. The summed E-state index contributed by atoms with van der Waals surface area (Å²) >= 11 is 3.49. The zero-order valence-electron chi connectivity index (χ0n) is 11.8. The third kappa shape index (κ3) is 3.18. The first-order valence-electron chi connectivity index (χ1n) is 6.29. The number of halogens is 1. The van der Waals surface area contributed by atoms with Crippen molar-refractivity contribution >= 4 is 15.9 Å². The van der Waals surface area contributed by atoms with Gasteiger partial charge in [-0.05, 0) is 43.5 Å². The lowest BCUT2D eigenvalue weighted by molar-refractivity contribution is 0.291. The van der Waals surface area contributed by atoms with Crippen LogP contribution < -0.4 is 4.74 Å². The minimum atomic E-state index is 0.548. The quantitative estimate of drug-likeness (QED) is 0.800. The van der Waals surface area contributed by atoms with Crippen molar-refractivity contribution in [3.63, 3.8) is 0 Å². The first kappa shape index (κ1) is 14.1. The lowest BCUT2D eigenvalue weighted by atomic mass is 10.1. The predicted octanol–water partition coefficient (Wildman–Crippen LogP) is 3.82. The number of aryl methyl sites for hydroxylation is 4. The lowest BCUT2D eigenvalue weighted by Gasteiger charge is -2.13. The van der Waals surface area contributed by atoms with E-state index in [-0.39, 0.29) is 0 Å². The van der Waals surface area contributed by atoms with Crippen molar-refractivity contribution in [3.8, 4) is 5.75 Å². The van der Waals surface area contributed by atoms with Gasteiger partial charge in [-0.1, -0.05) is 28.1 Å². The second-order valence-electron chi connectivity index (χ2n) is 4.88. The molecule has 0 fully saturated rings. The van der Waals surface area contributed by atoms with Crippen molar-refractivity contribution in [1.29, 1.82) is 0 Å². The molecule has 0 saturated heterocycles. The Kier molecular flexibility index (Phi) is 4.30. The molecule has 0 saturated carbocycles. The molecule has 0 aliphatic rings. The molecule has 1 heterocycles. The van der Waals surface area contributed by atoms with Gasteiger partial charge in [0, 0.05) is 12.4 Å². The second kappa shape index (κ2) is 5.78. The van der Waals surface area contributed by atoms with Crippen LogP contribution in [0.5, 0.6) is 5.75 Å². The molecule has 19 heavy (non-hydrogen) atoms. The number of ether oxygens (including phenoxy) is 1. The Morgan fingerprint density at radius 3 is 2.26 bits per heavy atom. The maximum absolute atomic E-state index is 5.97. The highest BCUT2D eigenvalue weighted by atomic mass is 79.9. The van der Waals surface area contributed by atoms with Crippen molar-refractivity contribution in [3.05, 3.63) is 46.3 Å². The molecule has 0 amide bonds. The average Bonchev–Trinajstić information content (AvgIpc) is 2.66. The summed E-state index contributed by atoms with van der Waals surface area (Å²) < 4.78 is 7.84. The van der Waals surface area contributed by atoms with Gasteiger partial charge < -0.3 is 4.74 Å². The number of nitrogens with zero attached hydrogens (tertiary/aromatic N) is 2. The Bertz CT molecular complexity index is 567. The molecule has 2 aromatic rings. The zero-order valence-corrected chi connectivity index (χ0v) is 13.4. The number of rotatable bonds is 4. The van der Waals surface area contributed by atoms with Crippen molar-refractivity contribution in [2.75, 3.05) is 0 Å². The van der Waals surface area contributed by atoms with E-state index in [4.69, 9.17) is 4.74 Å². The van der Waals surface area contributed by atoms with Gasteiger partial charge in [-0.3, -0.25) is 4.68 Å². The zero-order chi connectivity index (χ0) is 14.0. The van der Waals surface area contributed by atoms with E-state index in [1.807, 2.05) is 18.7 Å². The molecule has 3 nitrogen and oxygen atoms in total. The fourth-order valence-corrected chi connectivity index (χ4v) is 2.61. The summed E-state index contributed by atoms with van der Waals surface area (Å²) in [5.41, 5.74) is 5.73. The molecule has 0 atom stereocenters. The highest BCUT2D eigenvalue weighted by Gasteiger charge is 2.08. The van der Waals surface area contributed by atoms with Gasteiger partial charge in [0.2, 0.25) is 0 Å². The van der Waals surface area contributed by atoms with E-state index in [0.717, 1.165) is 22.5 Å². The SMILES string of the molecule is Cc1cc(COc2c(C)cc(CBr)cc2C)n(C)n1. The third-order valence-electron chi connectivity index (χ3n) is 3.14. The summed E-state index contributed by atoms with van der Waals surface area (Å²) in [7, 11) is 1.94. The number of alkyl halides is 1. The summed E-state index contributed by atoms with van der Waals surface area (Å²) in [5.74, 6) is 0.976. The molecule has 4 heteroatoms. The van der Waals surface area contributed by atoms with E-state index < -0.39 is 0 Å². The first-order valence-corrected chi connectivity index (χ1v) is 7.42. The first-order chi connectivity index (χ1) is 9.01. The van der Waals surface area contributed by atoms with Crippen LogP contribution in [0.4, 0.5) is 0 Å². The molecule has 0 bridgehead atoms. The maximum atomic E-state index is 5.97. The molecule has 0 radical (unpaired) electrons. The molecule has 0 aliphatic carbocycles. The Morgan fingerprint density at radius 1 is 1.16 bits per heavy atom. The van der Waals surface area contributed by atoms with Gasteiger partial charge in [0.15, 0.2) is 0 Å². The van der Waals surface area contributed by atoms with E-state index >= 15 is 0 Å². The normalized spacial score (nSPS) is 10.8. The van der Waals surface area contributed by atoms with Crippen LogP contribution >= 0.6 is 15.9 Å². The van der Waals surface area contributed by atoms with Gasteiger partial charge in [-0.15, -0.1) is 0 Å². The number of hydrogen-bond donors (Lipinski definition) is 0. The lowest BCUT2D eigenvalue weighted by Crippen LogP contribution is -2.05. The predicted molar refractivity (Wildman–Crippen MR) is 80.8 cm³/mol. The fourth-order valence-electron chi connectivity index (χ4n) is 2.29. The van der Waals surface area contributed by atoms with E-state index in [1.54, 1.807) is 0 Å². The molecule has 0 aliphatic heterocycles. The van der Waals surface area contributed by atoms with Crippen LogP contribution in [0.15, 0.2) is 18.2 Å². The smallest absolute Gasteiger partial charge is 0.130 e. The summed E-state index contributed by atoms with van der Waals surface area (Å²) in [6, 6.07) is 6.37. The monoisotopic (exact) mass is 322 g/mol. The average molecular weight is 323 g/mol. The minimum Gasteiger partial charge on any atom is -0.487 e. The fraction of sp³-hybridized carbons (Fsp3) is 0.400. The van der Waals surface area contributed by atoms with Crippen molar-refractivity contribution in [1.82, 2.24) is 9.78 Å². The molecular formula is C15H19BrN2O.